The number of carbonyl (C=O) groups is 1. The van der Waals surface area contributed by atoms with Crippen molar-refractivity contribution in [3.63, 3.8) is 0 Å². The molecule has 0 amide bonds. The standard InChI is InChI=1S/C22H25NO3/c1-16(2)22(24)18-15-23(19-10-5-4-9-17(18)19)13-8-14-26-21-12-7-6-11-20(21)25-3/h4-7,9-12,15-16H,8,13-14H2,1-3H3. The molecule has 0 bridgehead atoms. The first-order chi connectivity index (χ1) is 12.6. The molecule has 0 aliphatic carbocycles. The van der Waals surface area contributed by atoms with Gasteiger partial charge in [0.1, 0.15) is 0 Å². The summed E-state index contributed by atoms with van der Waals surface area (Å²) in [7, 11) is 1.64. The van der Waals surface area contributed by atoms with Gasteiger partial charge < -0.3 is 14.0 Å². The Balaban J connectivity index is 1.70. The minimum absolute atomic E-state index is 0.0110. The lowest BCUT2D eigenvalue weighted by Gasteiger charge is -2.11. The van der Waals surface area contributed by atoms with Crippen molar-refractivity contribution in [2.45, 2.75) is 26.8 Å². The second-order valence-corrected chi connectivity index (χ2v) is 6.63. The van der Waals surface area contributed by atoms with Gasteiger partial charge in [0.15, 0.2) is 17.3 Å². The Labute approximate surface area is 154 Å². The van der Waals surface area contributed by atoms with Crippen molar-refractivity contribution in [2.75, 3.05) is 13.7 Å². The maximum atomic E-state index is 12.5. The number of ether oxygens (including phenoxy) is 2. The quantitative estimate of drug-likeness (QED) is 0.425. The maximum absolute atomic E-state index is 12.5. The third-order valence-electron chi connectivity index (χ3n) is 4.45. The van der Waals surface area contributed by atoms with Crippen molar-refractivity contribution < 1.29 is 14.3 Å². The minimum atomic E-state index is -0.0110. The van der Waals surface area contributed by atoms with Crippen LogP contribution in [0.3, 0.4) is 0 Å². The van der Waals surface area contributed by atoms with E-state index in [2.05, 4.69) is 10.6 Å². The second kappa shape index (κ2) is 8.09. The van der Waals surface area contributed by atoms with Gasteiger partial charge in [0.2, 0.25) is 0 Å². The first-order valence-electron chi connectivity index (χ1n) is 8.99. The normalized spacial score (nSPS) is 11.1. The third-order valence-corrected chi connectivity index (χ3v) is 4.45. The van der Waals surface area contributed by atoms with E-state index < -0.39 is 0 Å². The molecule has 0 unspecified atom stereocenters. The lowest BCUT2D eigenvalue weighted by atomic mass is 10.0. The van der Waals surface area contributed by atoms with Crippen LogP contribution in [-0.4, -0.2) is 24.1 Å². The molecule has 1 aromatic heterocycles. The highest BCUT2D eigenvalue weighted by Gasteiger charge is 2.17. The van der Waals surface area contributed by atoms with E-state index in [1.807, 2.05) is 62.5 Å². The van der Waals surface area contributed by atoms with E-state index in [1.54, 1.807) is 7.11 Å². The zero-order valence-corrected chi connectivity index (χ0v) is 15.6. The van der Waals surface area contributed by atoms with Gasteiger partial charge in [0, 0.05) is 35.1 Å². The Hall–Kier alpha value is -2.75. The summed E-state index contributed by atoms with van der Waals surface area (Å²) < 4.78 is 13.3. The van der Waals surface area contributed by atoms with Crippen LogP contribution in [0, 0.1) is 5.92 Å². The van der Waals surface area contributed by atoms with Gasteiger partial charge in [-0.05, 0) is 24.6 Å². The first kappa shape index (κ1) is 18.1. The average molecular weight is 351 g/mol. The zero-order chi connectivity index (χ0) is 18.5. The third kappa shape index (κ3) is 3.74. The van der Waals surface area contributed by atoms with Crippen molar-refractivity contribution in [3.8, 4) is 11.5 Å². The predicted molar refractivity (Wildman–Crippen MR) is 104 cm³/mol. The topological polar surface area (TPSA) is 40.5 Å². The Morgan fingerprint density at radius 2 is 1.73 bits per heavy atom. The molecule has 2 aromatic carbocycles. The zero-order valence-electron chi connectivity index (χ0n) is 15.6. The van der Waals surface area contributed by atoms with Crippen LogP contribution in [0.5, 0.6) is 11.5 Å². The van der Waals surface area contributed by atoms with E-state index in [-0.39, 0.29) is 11.7 Å². The summed E-state index contributed by atoms with van der Waals surface area (Å²) in [6.07, 6.45) is 2.82. The van der Waals surface area contributed by atoms with E-state index >= 15 is 0 Å². The Bertz CT molecular complexity index is 895. The fourth-order valence-corrected chi connectivity index (χ4v) is 3.09. The highest BCUT2D eigenvalue weighted by atomic mass is 16.5. The van der Waals surface area contributed by atoms with Gasteiger partial charge in [-0.1, -0.05) is 44.2 Å². The Morgan fingerprint density at radius 3 is 2.46 bits per heavy atom. The van der Waals surface area contributed by atoms with Crippen molar-refractivity contribution in [2.24, 2.45) is 5.92 Å². The summed E-state index contributed by atoms with van der Waals surface area (Å²) in [6, 6.07) is 15.7. The number of methoxy groups -OCH3 is 1. The fourth-order valence-electron chi connectivity index (χ4n) is 3.09. The Kier molecular flexibility index (Phi) is 5.61. The van der Waals surface area contributed by atoms with E-state index in [0.29, 0.717) is 6.61 Å². The van der Waals surface area contributed by atoms with Crippen molar-refractivity contribution in [3.05, 3.63) is 60.3 Å². The summed E-state index contributed by atoms with van der Waals surface area (Å²) in [4.78, 5) is 12.5. The molecule has 0 atom stereocenters. The molecule has 0 aliphatic heterocycles. The summed E-state index contributed by atoms with van der Waals surface area (Å²) in [5, 5.41) is 1.02. The van der Waals surface area contributed by atoms with Gasteiger partial charge in [-0.2, -0.15) is 0 Å². The SMILES string of the molecule is COc1ccccc1OCCCn1cc(C(=O)C(C)C)c2ccccc21. The van der Waals surface area contributed by atoms with E-state index in [1.165, 1.54) is 0 Å². The van der Waals surface area contributed by atoms with Gasteiger partial charge in [-0.15, -0.1) is 0 Å². The Morgan fingerprint density at radius 1 is 1.04 bits per heavy atom. The molecule has 4 heteroatoms. The molecule has 0 radical (unpaired) electrons. The van der Waals surface area contributed by atoms with Crippen molar-refractivity contribution >= 4 is 16.7 Å². The molecule has 4 nitrogen and oxygen atoms in total. The largest absolute Gasteiger partial charge is 0.493 e. The van der Waals surface area contributed by atoms with Crippen LogP contribution in [0.15, 0.2) is 54.7 Å². The van der Waals surface area contributed by atoms with Gasteiger partial charge >= 0.3 is 0 Å². The number of hydrogen-bond acceptors (Lipinski definition) is 3. The summed E-state index contributed by atoms with van der Waals surface area (Å²) in [6.45, 7) is 5.26. The number of aryl methyl sites for hydroxylation is 1. The van der Waals surface area contributed by atoms with Crippen LogP contribution in [0.25, 0.3) is 10.9 Å². The molecular weight excluding hydrogens is 326 g/mol. The van der Waals surface area contributed by atoms with Crippen LogP contribution in [0.1, 0.15) is 30.6 Å². The molecule has 0 N–H and O–H groups in total. The van der Waals surface area contributed by atoms with Gasteiger partial charge in [0.05, 0.1) is 13.7 Å². The van der Waals surface area contributed by atoms with Crippen molar-refractivity contribution in [1.29, 1.82) is 0 Å². The number of nitrogens with zero attached hydrogens (tertiary/aromatic N) is 1. The molecule has 0 saturated heterocycles. The lowest BCUT2D eigenvalue weighted by molar-refractivity contribution is 0.0941. The minimum Gasteiger partial charge on any atom is -0.493 e. The molecule has 0 aliphatic rings. The second-order valence-electron chi connectivity index (χ2n) is 6.63. The van der Waals surface area contributed by atoms with E-state index in [4.69, 9.17) is 9.47 Å². The highest BCUT2D eigenvalue weighted by molar-refractivity contribution is 6.08. The van der Waals surface area contributed by atoms with Crippen molar-refractivity contribution in [1.82, 2.24) is 4.57 Å². The fraction of sp³-hybridized carbons (Fsp3) is 0.318. The molecule has 1 heterocycles. The summed E-state index contributed by atoms with van der Waals surface area (Å²) >= 11 is 0. The molecule has 136 valence electrons. The molecule has 0 saturated carbocycles. The molecule has 0 spiro atoms. The number of Topliss-reactive ketones (excluding diaryl/α,β-unsaturated/α-hetero) is 1. The number of aromatic nitrogens is 1. The van der Waals surface area contributed by atoms with Gasteiger partial charge in [-0.3, -0.25) is 4.79 Å². The lowest BCUT2D eigenvalue weighted by Crippen LogP contribution is -2.07. The molecule has 3 rings (SSSR count). The predicted octanol–water partition coefficient (Wildman–Crippen LogP) is 4.96. The van der Waals surface area contributed by atoms with Crippen LogP contribution in [0.4, 0.5) is 0 Å². The first-order valence-corrected chi connectivity index (χ1v) is 8.99. The van der Waals surface area contributed by atoms with Crippen LogP contribution < -0.4 is 9.47 Å². The highest BCUT2D eigenvalue weighted by Crippen LogP contribution is 2.26. The molecular formula is C22H25NO3. The summed E-state index contributed by atoms with van der Waals surface area (Å²) in [5.41, 5.74) is 1.90. The number of benzene rings is 2. The number of para-hydroxylation sites is 3. The van der Waals surface area contributed by atoms with E-state index in [9.17, 15) is 4.79 Å². The van der Waals surface area contributed by atoms with Crippen LogP contribution in [0.2, 0.25) is 0 Å². The van der Waals surface area contributed by atoms with Gasteiger partial charge in [-0.25, -0.2) is 0 Å². The number of hydrogen-bond donors (Lipinski definition) is 0. The van der Waals surface area contributed by atoms with E-state index in [0.717, 1.165) is 40.9 Å². The summed E-state index contributed by atoms with van der Waals surface area (Å²) in [5.74, 6) is 1.67. The smallest absolute Gasteiger partial charge is 0.167 e. The monoisotopic (exact) mass is 351 g/mol. The number of fused-ring (bicyclic) bond motifs is 1. The molecule has 0 fully saturated rings. The molecule has 3 aromatic rings. The number of ketones is 1. The average Bonchev–Trinajstić information content (AvgIpc) is 3.03. The number of rotatable bonds is 8. The van der Waals surface area contributed by atoms with Gasteiger partial charge in [0.25, 0.3) is 0 Å². The van der Waals surface area contributed by atoms with Crippen LogP contribution in [-0.2, 0) is 6.54 Å². The number of carbonyl (C=O) groups excluding carboxylic acids is 1. The van der Waals surface area contributed by atoms with Crippen LogP contribution >= 0.6 is 0 Å². The molecule has 26 heavy (non-hydrogen) atoms. The maximum Gasteiger partial charge on any atom is 0.167 e.